The Morgan fingerprint density at radius 1 is 1.11 bits per heavy atom. The van der Waals surface area contributed by atoms with E-state index in [0.717, 1.165) is 17.3 Å². The summed E-state index contributed by atoms with van der Waals surface area (Å²) in [6.45, 7) is 1.16. The number of carbonyl (C=O) groups is 2. The molecule has 0 fully saturated rings. The van der Waals surface area contributed by atoms with Crippen LogP contribution in [0.3, 0.4) is 0 Å². The first-order valence-corrected chi connectivity index (χ1v) is 9.06. The number of ether oxygens (including phenoxy) is 1. The molecule has 8 nitrogen and oxygen atoms in total. The van der Waals surface area contributed by atoms with Crippen molar-refractivity contribution in [3.05, 3.63) is 59.9 Å². The number of anilines is 1. The average Bonchev–Trinajstić information content (AvgIpc) is 3.34. The smallest absolute Gasteiger partial charge is 0.344 e. The van der Waals surface area contributed by atoms with Crippen LogP contribution < -0.4 is 5.32 Å². The summed E-state index contributed by atoms with van der Waals surface area (Å²) < 4.78 is 18.6. The van der Waals surface area contributed by atoms with Gasteiger partial charge in [0.25, 0.3) is 5.91 Å². The highest BCUT2D eigenvalue weighted by atomic mass is 32.1. The number of aryl methyl sites for hydroxylation is 1. The Hall–Kier alpha value is -3.59. The van der Waals surface area contributed by atoms with E-state index in [4.69, 9.17) is 9.26 Å². The zero-order chi connectivity index (χ0) is 19.5. The first-order chi connectivity index (χ1) is 13.6. The fourth-order valence-corrected chi connectivity index (χ4v) is 3.25. The molecule has 2 aromatic carbocycles. The molecule has 1 N–H and O–H groups in total. The van der Waals surface area contributed by atoms with E-state index >= 15 is 0 Å². The normalized spacial score (nSPS) is 10.8. The molecule has 9 heteroatoms. The SMILES string of the molecule is Cc1onc(-c2ccccc2)c1C(=O)OCC(=O)Nc1cccc2nsnc12. The van der Waals surface area contributed by atoms with Crippen LogP contribution in [0, 0.1) is 6.92 Å². The molecule has 0 radical (unpaired) electrons. The molecule has 140 valence electrons. The maximum absolute atomic E-state index is 12.5. The zero-order valence-corrected chi connectivity index (χ0v) is 15.5. The van der Waals surface area contributed by atoms with E-state index in [1.54, 1.807) is 25.1 Å². The van der Waals surface area contributed by atoms with Gasteiger partial charge in [0.2, 0.25) is 0 Å². The first kappa shape index (κ1) is 17.8. The number of carbonyl (C=O) groups excluding carboxylic acids is 2. The van der Waals surface area contributed by atoms with Gasteiger partial charge < -0.3 is 14.6 Å². The summed E-state index contributed by atoms with van der Waals surface area (Å²) in [6, 6.07) is 14.4. The molecule has 2 heterocycles. The zero-order valence-electron chi connectivity index (χ0n) is 14.7. The molecule has 0 aliphatic heterocycles. The second-order valence-corrected chi connectivity index (χ2v) is 6.42. The van der Waals surface area contributed by atoms with Crippen molar-refractivity contribution in [2.75, 3.05) is 11.9 Å². The summed E-state index contributed by atoms with van der Waals surface area (Å²) in [7, 11) is 0. The molecule has 0 aliphatic rings. The van der Waals surface area contributed by atoms with Crippen molar-refractivity contribution in [2.45, 2.75) is 6.92 Å². The number of nitrogens with zero attached hydrogens (tertiary/aromatic N) is 3. The van der Waals surface area contributed by atoms with Crippen molar-refractivity contribution in [1.82, 2.24) is 13.9 Å². The van der Waals surface area contributed by atoms with Gasteiger partial charge in [-0.05, 0) is 19.1 Å². The van der Waals surface area contributed by atoms with Gasteiger partial charge in [0.1, 0.15) is 28.1 Å². The summed E-state index contributed by atoms with van der Waals surface area (Å²) in [5.41, 5.74) is 3.09. The summed E-state index contributed by atoms with van der Waals surface area (Å²) in [5, 5.41) is 6.62. The van der Waals surface area contributed by atoms with Gasteiger partial charge in [-0.15, -0.1) is 0 Å². The number of fused-ring (bicyclic) bond motifs is 1. The Morgan fingerprint density at radius 3 is 2.75 bits per heavy atom. The molecule has 0 aliphatic carbocycles. The summed E-state index contributed by atoms with van der Waals surface area (Å²) in [5.74, 6) is -0.840. The lowest BCUT2D eigenvalue weighted by molar-refractivity contribution is -0.119. The van der Waals surface area contributed by atoms with Crippen LogP contribution in [0.2, 0.25) is 0 Å². The van der Waals surface area contributed by atoms with Crippen LogP contribution in [0.5, 0.6) is 0 Å². The predicted octanol–water partition coefficient (Wildman–Crippen LogP) is 3.45. The molecule has 4 aromatic rings. The summed E-state index contributed by atoms with van der Waals surface area (Å²) >= 11 is 1.06. The molecule has 0 bridgehead atoms. The summed E-state index contributed by atoms with van der Waals surface area (Å²) in [4.78, 5) is 24.7. The van der Waals surface area contributed by atoms with E-state index < -0.39 is 18.5 Å². The average molecular weight is 394 g/mol. The minimum atomic E-state index is -0.679. The van der Waals surface area contributed by atoms with Crippen LogP contribution >= 0.6 is 11.7 Å². The Kier molecular flexibility index (Phi) is 4.81. The second-order valence-electron chi connectivity index (χ2n) is 5.89. The number of amides is 1. The largest absolute Gasteiger partial charge is 0.452 e. The molecule has 4 rings (SSSR count). The van der Waals surface area contributed by atoms with Crippen LogP contribution in [0.1, 0.15) is 16.1 Å². The van der Waals surface area contributed by atoms with Crippen molar-refractivity contribution in [3.8, 4) is 11.3 Å². The van der Waals surface area contributed by atoms with E-state index in [1.807, 2.05) is 30.3 Å². The standard InChI is InChI=1S/C19H14N4O4S/c1-11-16(17(21-27-11)12-6-3-2-4-7-12)19(25)26-10-15(24)20-13-8-5-9-14-18(13)23-28-22-14/h2-9H,10H2,1H3,(H,20,24). The van der Waals surface area contributed by atoms with Gasteiger partial charge in [-0.25, -0.2) is 4.79 Å². The van der Waals surface area contributed by atoms with Crippen molar-refractivity contribution < 1.29 is 18.8 Å². The molecule has 0 atom stereocenters. The lowest BCUT2D eigenvalue weighted by Gasteiger charge is -2.07. The fraction of sp³-hybridized carbons (Fsp3) is 0.105. The van der Waals surface area contributed by atoms with Crippen LogP contribution in [0.25, 0.3) is 22.3 Å². The van der Waals surface area contributed by atoms with E-state index in [-0.39, 0.29) is 5.56 Å². The topological polar surface area (TPSA) is 107 Å². The van der Waals surface area contributed by atoms with Crippen LogP contribution in [-0.4, -0.2) is 32.4 Å². The molecule has 0 saturated carbocycles. The third kappa shape index (κ3) is 3.47. The van der Waals surface area contributed by atoms with E-state index in [2.05, 4.69) is 19.2 Å². The minimum Gasteiger partial charge on any atom is -0.452 e. The monoisotopic (exact) mass is 394 g/mol. The van der Waals surface area contributed by atoms with E-state index in [0.29, 0.717) is 28.2 Å². The van der Waals surface area contributed by atoms with Gasteiger partial charge in [-0.2, -0.15) is 8.75 Å². The van der Waals surface area contributed by atoms with Crippen molar-refractivity contribution in [3.63, 3.8) is 0 Å². The third-order valence-electron chi connectivity index (χ3n) is 4.01. The van der Waals surface area contributed by atoms with Gasteiger partial charge in [0.15, 0.2) is 6.61 Å². The Balaban J connectivity index is 1.46. The lowest BCUT2D eigenvalue weighted by Crippen LogP contribution is -2.21. The highest BCUT2D eigenvalue weighted by molar-refractivity contribution is 7.00. The molecule has 0 spiro atoms. The predicted molar refractivity (Wildman–Crippen MR) is 103 cm³/mol. The van der Waals surface area contributed by atoms with Gasteiger partial charge in [-0.3, -0.25) is 4.79 Å². The van der Waals surface area contributed by atoms with Gasteiger partial charge in [0.05, 0.1) is 17.4 Å². The molecule has 2 aromatic heterocycles. The van der Waals surface area contributed by atoms with Crippen molar-refractivity contribution in [2.24, 2.45) is 0 Å². The van der Waals surface area contributed by atoms with Crippen LogP contribution in [0.4, 0.5) is 5.69 Å². The molecular weight excluding hydrogens is 380 g/mol. The van der Waals surface area contributed by atoms with Gasteiger partial charge >= 0.3 is 5.97 Å². The van der Waals surface area contributed by atoms with Crippen LogP contribution in [0.15, 0.2) is 53.1 Å². The third-order valence-corrected chi connectivity index (χ3v) is 4.55. The maximum Gasteiger partial charge on any atom is 0.344 e. The Morgan fingerprint density at radius 2 is 1.93 bits per heavy atom. The number of nitrogens with one attached hydrogen (secondary N) is 1. The van der Waals surface area contributed by atoms with Crippen LogP contribution in [-0.2, 0) is 9.53 Å². The molecule has 1 amide bonds. The van der Waals surface area contributed by atoms with Gasteiger partial charge in [-0.1, -0.05) is 41.6 Å². The first-order valence-electron chi connectivity index (χ1n) is 8.33. The Bertz CT molecular complexity index is 1150. The summed E-state index contributed by atoms with van der Waals surface area (Å²) in [6.07, 6.45) is 0. The molecule has 0 unspecified atom stereocenters. The second kappa shape index (κ2) is 7.57. The number of rotatable bonds is 5. The highest BCUT2D eigenvalue weighted by Crippen LogP contribution is 2.26. The van der Waals surface area contributed by atoms with Crippen molar-refractivity contribution in [1.29, 1.82) is 0 Å². The van der Waals surface area contributed by atoms with E-state index in [9.17, 15) is 9.59 Å². The number of hydrogen-bond acceptors (Lipinski definition) is 8. The minimum absolute atomic E-state index is 0.199. The highest BCUT2D eigenvalue weighted by Gasteiger charge is 2.23. The number of esters is 1. The maximum atomic E-state index is 12.5. The fourth-order valence-electron chi connectivity index (χ4n) is 2.70. The molecular formula is C19H14N4O4S. The lowest BCUT2D eigenvalue weighted by atomic mass is 10.1. The number of hydrogen-bond donors (Lipinski definition) is 1. The number of benzene rings is 2. The van der Waals surface area contributed by atoms with E-state index in [1.165, 1.54) is 0 Å². The Labute approximate surface area is 163 Å². The molecule has 28 heavy (non-hydrogen) atoms. The quantitative estimate of drug-likeness (QED) is 0.517. The van der Waals surface area contributed by atoms with Crippen molar-refractivity contribution >= 4 is 40.3 Å². The molecule has 0 saturated heterocycles. The van der Waals surface area contributed by atoms with Gasteiger partial charge in [0, 0.05) is 5.56 Å². The number of aromatic nitrogens is 3.